The Bertz CT molecular complexity index is 783. The molecule has 4 nitrogen and oxygen atoms in total. The Hall–Kier alpha value is -2.17. The molecule has 1 aromatic carbocycles. The Kier molecular flexibility index (Phi) is 4.10. The van der Waals surface area contributed by atoms with Crippen molar-refractivity contribution in [3.05, 3.63) is 53.1 Å². The van der Waals surface area contributed by atoms with E-state index >= 15 is 0 Å². The normalized spacial score (nSPS) is 25.4. The van der Waals surface area contributed by atoms with Crippen molar-refractivity contribution in [2.75, 3.05) is 6.54 Å². The van der Waals surface area contributed by atoms with E-state index < -0.39 is 0 Å². The Balaban J connectivity index is 1.43. The quantitative estimate of drug-likeness (QED) is 0.854. The summed E-state index contributed by atoms with van der Waals surface area (Å²) in [4.78, 5) is 15.0. The summed E-state index contributed by atoms with van der Waals surface area (Å²) < 4.78 is 15.1. The minimum Gasteiger partial charge on any atom is -0.338 e. The average molecular weight is 341 g/mol. The largest absolute Gasteiger partial charge is 0.338 e. The van der Waals surface area contributed by atoms with Gasteiger partial charge in [-0.1, -0.05) is 12.1 Å². The van der Waals surface area contributed by atoms with Crippen LogP contribution in [0.5, 0.6) is 0 Å². The predicted octanol–water partition coefficient (Wildman–Crippen LogP) is 3.43. The fourth-order valence-electron chi connectivity index (χ4n) is 4.13. The summed E-state index contributed by atoms with van der Waals surface area (Å²) >= 11 is 0. The molecule has 1 aromatic heterocycles. The summed E-state index contributed by atoms with van der Waals surface area (Å²) in [6.45, 7) is 5.68. The molecule has 2 heterocycles. The number of amides is 1. The second-order valence-electron chi connectivity index (χ2n) is 7.44. The molecule has 1 aliphatic carbocycles. The third-order valence-electron chi connectivity index (χ3n) is 5.55. The van der Waals surface area contributed by atoms with E-state index in [0.29, 0.717) is 0 Å². The molecule has 1 saturated carbocycles. The molecule has 0 N–H and O–H groups in total. The summed E-state index contributed by atoms with van der Waals surface area (Å²) in [5.41, 5.74) is 3.24. The molecule has 132 valence electrons. The predicted molar refractivity (Wildman–Crippen MR) is 93.7 cm³/mol. The molecule has 2 fully saturated rings. The van der Waals surface area contributed by atoms with Crippen LogP contribution in [-0.2, 0) is 11.3 Å². The molecule has 1 amide bonds. The van der Waals surface area contributed by atoms with Gasteiger partial charge in [0.15, 0.2) is 0 Å². The van der Waals surface area contributed by atoms with Crippen LogP contribution in [0, 0.1) is 25.6 Å². The molecule has 0 radical (unpaired) electrons. The second-order valence-corrected chi connectivity index (χ2v) is 7.44. The van der Waals surface area contributed by atoms with Crippen LogP contribution in [0.4, 0.5) is 4.39 Å². The maximum absolute atomic E-state index is 13.1. The van der Waals surface area contributed by atoms with E-state index in [1.165, 1.54) is 12.1 Å². The third kappa shape index (κ3) is 3.20. The lowest BCUT2D eigenvalue weighted by atomic mass is 10.1. The first kappa shape index (κ1) is 16.3. The summed E-state index contributed by atoms with van der Waals surface area (Å²) in [6, 6.07) is 8.90. The molecule has 5 heteroatoms. The molecule has 25 heavy (non-hydrogen) atoms. The van der Waals surface area contributed by atoms with Gasteiger partial charge in [0.25, 0.3) is 0 Å². The topological polar surface area (TPSA) is 38.1 Å². The van der Waals surface area contributed by atoms with Crippen molar-refractivity contribution in [3.8, 4) is 0 Å². The van der Waals surface area contributed by atoms with Crippen molar-refractivity contribution < 1.29 is 9.18 Å². The van der Waals surface area contributed by atoms with Crippen LogP contribution in [0.2, 0.25) is 0 Å². The molecule has 2 aromatic rings. The minimum atomic E-state index is -0.225. The van der Waals surface area contributed by atoms with E-state index in [2.05, 4.69) is 23.0 Å². The molecular weight excluding hydrogens is 317 g/mol. The number of rotatable bonds is 4. The van der Waals surface area contributed by atoms with E-state index in [0.717, 1.165) is 49.3 Å². The smallest absolute Gasteiger partial charge is 0.226 e. The van der Waals surface area contributed by atoms with Gasteiger partial charge >= 0.3 is 0 Å². The number of nitrogens with zero attached hydrogens (tertiary/aromatic N) is 3. The lowest BCUT2D eigenvalue weighted by molar-refractivity contribution is -0.133. The highest BCUT2D eigenvalue weighted by Crippen LogP contribution is 2.49. The first-order valence-corrected chi connectivity index (χ1v) is 9.10. The summed E-state index contributed by atoms with van der Waals surface area (Å²) in [5.74, 6) is 0.352. The molecular formula is C20H24FN3O. The standard InChI is InChI=1S/C20H24FN3O/c1-13-10-14(2)24(22-13)12-17-4-3-9-23(17)20(25)19-11-18(19)15-5-7-16(21)8-6-15/h5-8,10,17-19H,3-4,9,11-12H2,1-2H3/t17-,18-,19+/m0/s1. The van der Waals surface area contributed by atoms with Crippen LogP contribution in [-0.4, -0.2) is 33.2 Å². The van der Waals surface area contributed by atoms with Gasteiger partial charge in [-0.25, -0.2) is 4.39 Å². The first-order chi connectivity index (χ1) is 12.0. The number of likely N-dealkylation sites (tertiary alicyclic amines) is 1. The Morgan fingerprint density at radius 2 is 2.04 bits per heavy atom. The van der Waals surface area contributed by atoms with Crippen molar-refractivity contribution in [3.63, 3.8) is 0 Å². The number of halogens is 1. The molecule has 0 bridgehead atoms. The second kappa shape index (κ2) is 6.28. The van der Waals surface area contributed by atoms with E-state index in [1.54, 1.807) is 0 Å². The molecule has 0 spiro atoms. The Labute approximate surface area is 147 Å². The SMILES string of the molecule is Cc1cc(C)n(C[C@@H]2CCCN2C(=O)[C@@H]2C[C@H]2c2ccc(F)cc2)n1. The number of aryl methyl sites for hydroxylation is 2. The number of carbonyl (C=O) groups is 1. The van der Waals surface area contributed by atoms with Gasteiger partial charge in [0.2, 0.25) is 5.91 Å². The number of benzene rings is 1. The lowest BCUT2D eigenvalue weighted by Gasteiger charge is -2.25. The zero-order valence-corrected chi connectivity index (χ0v) is 14.8. The van der Waals surface area contributed by atoms with Crippen molar-refractivity contribution >= 4 is 5.91 Å². The van der Waals surface area contributed by atoms with Gasteiger partial charge in [-0.2, -0.15) is 5.10 Å². The highest BCUT2D eigenvalue weighted by Gasteiger charge is 2.47. The third-order valence-corrected chi connectivity index (χ3v) is 5.55. The van der Waals surface area contributed by atoms with Gasteiger partial charge < -0.3 is 4.90 Å². The highest BCUT2D eigenvalue weighted by atomic mass is 19.1. The van der Waals surface area contributed by atoms with Gasteiger partial charge in [0, 0.05) is 18.2 Å². The van der Waals surface area contributed by atoms with E-state index in [9.17, 15) is 9.18 Å². The zero-order chi connectivity index (χ0) is 17.6. The fraction of sp³-hybridized carbons (Fsp3) is 0.500. The summed E-state index contributed by atoms with van der Waals surface area (Å²) in [6.07, 6.45) is 2.98. The van der Waals surface area contributed by atoms with Crippen LogP contribution in [0.3, 0.4) is 0 Å². The van der Waals surface area contributed by atoms with E-state index in [-0.39, 0.29) is 29.6 Å². The fourth-order valence-corrected chi connectivity index (χ4v) is 4.13. The monoisotopic (exact) mass is 341 g/mol. The number of hydrogen-bond acceptors (Lipinski definition) is 2. The van der Waals surface area contributed by atoms with Gasteiger partial charge in [-0.05, 0) is 62.8 Å². The van der Waals surface area contributed by atoms with Crippen LogP contribution >= 0.6 is 0 Å². The van der Waals surface area contributed by atoms with Crippen LogP contribution < -0.4 is 0 Å². The van der Waals surface area contributed by atoms with Gasteiger partial charge in [-0.3, -0.25) is 9.48 Å². The first-order valence-electron chi connectivity index (χ1n) is 9.10. The highest BCUT2D eigenvalue weighted by molar-refractivity contribution is 5.83. The van der Waals surface area contributed by atoms with Crippen LogP contribution in [0.1, 0.15) is 42.1 Å². The van der Waals surface area contributed by atoms with Gasteiger partial charge in [0.05, 0.1) is 18.3 Å². The van der Waals surface area contributed by atoms with Crippen LogP contribution in [0.25, 0.3) is 0 Å². The number of hydrogen-bond donors (Lipinski definition) is 0. The van der Waals surface area contributed by atoms with Gasteiger partial charge in [-0.15, -0.1) is 0 Å². The number of aromatic nitrogens is 2. The maximum Gasteiger partial charge on any atom is 0.226 e. The molecule has 0 unspecified atom stereocenters. The van der Waals surface area contributed by atoms with Crippen LogP contribution in [0.15, 0.2) is 30.3 Å². The number of carbonyl (C=O) groups excluding carboxylic acids is 1. The molecule has 1 aliphatic heterocycles. The van der Waals surface area contributed by atoms with Crippen molar-refractivity contribution in [1.29, 1.82) is 0 Å². The Morgan fingerprint density at radius 3 is 2.72 bits per heavy atom. The van der Waals surface area contributed by atoms with Crippen molar-refractivity contribution in [2.24, 2.45) is 5.92 Å². The molecule has 2 aliphatic rings. The molecule has 1 saturated heterocycles. The Morgan fingerprint density at radius 1 is 1.28 bits per heavy atom. The van der Waals surface area contributed by atoms with Crippen molar-refractivity contribution in [1.82, 2.24) is 14.7 Å². The van der Waals surface area contributed by atoms with Crippen molar-refractivity contribution in [2.45, 2.75) is 51.6 Å². The molecule has 3 atom stereocenters. The van der Waals surface area contributed by atoms with E-state index in [1.807, 2.05) is 23.7 Å². The van der Waals surface area contributed by atoms with Gasteiger partial charge in [0.1, 0.15) is 5.82 Å². The maximum atomic E-state index is 13.1. The minimum absolute atomic E-state index is 0.0616. The molecule has 4 rings (SSSR count). The summed E-state index contributed by atoms with van der Waals surface area (Å²) in [5, 5.41) is 4.54. The van der Waals surface area contributed by atoms with E-state index in [4.69, 9.17) is 0 Å². The summed E-state index contributed by atoms with van der Waals surface area (Å²) in [7, 11) is 0. The lowest BCUT2D eigenvalue weighted by Crippen LogP contribution is -2.39. The zero-order valence-electron chi connectivity index (χ0n) is 14.8. The average Bonchev–Trinajstić information content (AvgIpc) is 3.14.